The lowest BCUT2D eigenvalue weighted by Crippen LogP contribution is -2.15. The van der Waals surface area contributed by atoms with Crippen LogP contribution in [0.1, 0.15) is 24.8 Å². The average molecular weight is 190 g/mol. The minimum Gasteiger partial charge on any atom is -0.392 e. The van der Waals surface area contributed by atoms with Crippen molar-refractivity contribution in [2.45, 2.75) is 25.4 Å². The molecule has 0 aromatic heterocycles. The van der Waals surface area contributed by atoms with Crippen molar-refractivity contribution in [2.24, 2.45) is 5.92 Å². The summed E-state index contributed by atoms with van der Waals surface area (Å²) in [5.41, 5.74) is 1.03. The summed E-state index contributed by atoms with van der Waals surface area (Å²) in [5, 5.41) is 9.58. The second-order valence-corrected chi connectivity index (χ2v) is 3.99. The van der Waals surface area contributed by atoms with Crippen molar-refractivity contribution >= 4 is 5.78 Å². The maximum absolute atomic E-state index is 11.6. The topological polar surface area (TPSA) is 37.3 Å². The van der Waals surface area contributed by atoms with Crippen molar-refractivity contribution in [3.8, 4) is 0 Å². The van der Waals surface area contributed by atoms with Gasteiger partial charge in [-0.15, -0.1) is 0 Å². The molecule has 1 aromatic carbocycles. The van der Waals surface area contributed by atoms with E-state index in [1.807, 2.05) is 37.3 Å². The molecule has 2 heteroatoms. The van der Waals surface area contributed by atoms with E-state index in [0.29, 0.717) is 6.42 Å². The first-order chi connectivity index (χ1) is 6.70. The van der Waals surface area contributed by atoms with Crippen LogP contribution in [0.15, 0.2) is 30.3 Å². The molecule has 2 rings (SSSR count). The van der Waals surface area contributed by atoms with Crippen LogP contribution in [-0.2, 0) is 4.79 Å². The van der Waals surface area contributed by atoms with E-state index < -0.39 is 6.10 Å². The van der Waals surface area contributed by atoms with Crippen molar-refractivity contribution in [3.05, 3.63) is 35.9 Å². The van der Waals surface area contributed by atoms with Gasteiger partial charge in [-0.2, -0.15) is 0 Å². The third kappa shape index (κ3) is 1.46. The van der Waals surface area contributed by atoms with Crippen LogP contribution in [0.3, 0.4) is 0 Å². The first kappa shape index (κ1) is 9.41. The Hall–Kier alpha value is -1.15. The molecular weight excluding hydrogens is 176 g/mol. The van der Waals surface area contributed by atoms with Gasteiger partial charge in [0.2, 0.25) is 0 Å². The molecule has 0 spiro atoms. The first-order valence-corrected chi connectivity index (χ1v) is 4.96. The largest absolute Gasteiger partial charge is 0.392 e. The zero-order valence-electron chi connectivity index (χ0n) is 8.18. The molecule has 3 atom stereocenters. The zero-order valence-corrected chi connectivity index (χ0v) is 8.18. The van der Waals surface area contributed by atoms with Gasteiger partial charge in [-0.1, -0.05) is 37.3 Å². The third-order valence-corrected chi connectivity index (χ3v) is 3.05. The molecule has 1 aromatic rings. The molecule has 0 unspecified atom stereocenters. The second-order valence-electron chi connectivity index (χ2n) is 3.99. The molecule has 1 aliphatic carbocycles. The highest BCUT2D eigenvalue weighted by atomic mass is 16.3. The lowest BCUT2D eigenvalue weighted by Gasteiger charge is -2.15. The van der Waals surface area contributed by atoms with E-state index in [0.717, 1.165) is 5.56 Å². The first-order valence-electron chi connectivity index (χ1n) is 4.96. The molecule has 14 heavy (non-hydrogen) atoms. The maximum atomic E-state index is 11.6. The van der Waals surface area contributed by atoms with Crippen LogP contribution < -0.4 is 0 Å². The van der Waals surface area contributed by atoms with Crippen LogP contribution in [0.2, 0.25) is 0 Å². The number of benzene rings is 1. The van der Waals surface area contributed by atoms with Gasteiger partial charge in [0.25, 0.3) is 0 Å². The summed E-state index contributed by atoms with van der Waals surface area (Å²) in [6.45, 7) is 1.94. The average Bonchev–Trinajstić information content (AvgIpc) is 2.43. The molecule has 74 valence electrons. The Morgan fingerprint density at radius 3 is 2.43 bits per heavy atom. The van der Waals surface area contributed by atoms with E-state index in [1.165, 1.54) is 0 Å². The summed E-state index contributed by atoms with van der Waals surface area (Å²) in [4.78, 5) is 11.6. The molecule has 0 heterocycles. The quantitative estimate of drug-likeness (QED) is 0.732. The van der Waals surface area contributed by atoms with E-state index >= 15 is 0 Å². The molecule has 0 saturated heterocycles. The minimum absolute atomic E-state index is 0.0462. The smallest absolute Gasteiger partial charge is 0.143 e. The number of hydrogen-bond acceptors (Lipinski definition) is 2. The Morgan fingerprint density at radius 1 is 1.29 bits per heavy atom. The number of carbonyl (C=O) groups excluding carboxylic acids is 1. The lowest BCUT2D eigenvalue weighted by molar-refractivity contribution is -0.119. The molecule has 2 nitrogen and oxygen atoms in total. The van der Waals surface area contributed by atoms with Crippen LogP contribution >= 0.6 is 0 Å². The molecule has 1 aliphatic rings. The monoisotopic (exact) mass is 190 g/mol. The third-order valence-electron chi connectivity index (χ3n) is 3.05. The fourth-order valence-corrected chi connectivity index (χ4v) is 2.18. The number of hydrogen-bond donors (Lipinski definition) is 1. The Labute approximate surface area is 83.6 Å². The van der Waals surface area contributed by atoms with E-state index in [-0.39, 0.29) is 17.6 Å². The zero-order chi connectivity index (χ0) is 10.1. The Kier molecular flexibility index (Phi) is 2.38. The predicted octanol–water partition coefficient (Wildman–Crippen LogP) is 1.74. The van der Waals surface area contributed by atoms with Gasteiger partial charge < -0.3 is 5.11 Å². The van der Waals surface area contributed by atoms with Gasteiger partial charge in [-0.05, 0) is 11.5 Å². The molecule has 0 radical (unpaired) electrons. The summed E-state index contributed by atoms with van der Waals surface area (Å²) in [6.07, 6.45) is -0.159. The minimum atomic E-state index is -0.465. The molecular formula is C12H14O2. The summed E-state index contributed by atoms with van der Waals surface area (Å²) in [5.74, 6) is 0.104. The number of rotatable bonds is 1. The van der Waals surface area contributed by atoms with E-state index in [4.69, 9.17) is 0 Å². The van der Waals surface area contributed by atoms with Gasteiger partial charge >= 0.3 is 0 Å². The Bertz CT molecular complexity index is 331. The molecule has 1 saturated carbocycles. The van der Waals surface area contributed by atoms with Crippen LogP contribution in [0, 0.1) is 5.92 Å². The Morgan fingerprint density at radius 2 is 1.93 bits per heavy atom. The molecule has 1 N–H and O–H groups in total. The van der Waals surface area contributed by atoms with Crippen LogP contribution in [0.5, 0.6) is 0 Å². The molecule has 0 aliphatic heterocycles. The molecule has 0 bridgehead atoms. The SMILES string of the molecule is C[C@@H]1[C@H](O)CC(=O)[C@H]1c1ccccc1. The number of Topliss-reactive ketones (excluding diaryl/α,β-unsaturated/α-hetero) is 1. The van der Waals surface area contributed by atoms with Gasteiger partial charge in [0.05, 0.1) is 6.10 Å². The molecule has 1 fully saturated rings. The predicted molar refractivity (Wildman–Crippen MR) is 54.0 cm³/mol. The van der Waals surface area contributed by atoms with E-state index in [9.17, 15) is 9.90 Å². The highest BCUT2D eigenvalue weighted by Gasteiger charge is 2.39. The number of carbonyl (C=O) groups is 1. The van der Waals surface area contributed by atoms with E-state index in [1.54, 1.807) is 0 Å². The van der Waals surface area contributed by atoms with Crippen molar-refractivity contribution in [1.29, 1.82) is 0 Å². The van der Waals surface area contributed by atoms with Crippen molar-refractivity contribution in [1.82, 2.24) is 0 Å². The summed E-state index contributed by atoms with van der Waals surface area (Å²) >= 11 is 0. The van der Waals surface area contributed by atoms with Crippen LogP contribution in [-0.4, -0.2) is 17.0 Å². The number of aliphatic hydroxyl groups is 1. The van der Waals surface area contributed by atoms with Crippen molar-refractivity contribution in [2.75, 3.05) is 0 Å². The standard InChI is InChI=1S/C12H14O2/c1-8-10(13)7-11(14)12(8)9-5-3-2-4-6-9/h2-6,8,10,12-13H,7H2,1H3/t8-,10-,12-/m1/s1. The van der Waals surface area contributed by atoms with Crippen LogP contribution in [0.25, 0.3) is 0 Å². The highest BCUT2D eigenvalue weighted by Crippen LogP contribution is 2.36. The lowest BCUT2D eigenvalue weighted by atomic mass is 9.89. The van der Waals surface area contributed by atoms with Gasteiger partial charge in [0.15, 0.2) is 0 Å². The fourth-order valence-electron chi connectivity index (χ4n) is 2.18. The van der Waals surface area contributed by atoms with Crippen molar-refractivity contribution in [3.63, 3.8) is 0 Å². The maximum Gasteiger partial charge on any atom is 0.143 e. The summed E-state index contributed by atoms with van der Waals surface area (Å²) in [7, 11) is 0. The summed E-state index contributed by atoms with van der Waals surface area (Å²) < 4.78 is 0. The van der Waals surface area contributed by atoms with E-state index in [2.05, 4.69) is 0 Å². The Balaban J connectivity index is 2.31. The van der Waals surface area contributed by atoms with Gasteiger partial charge in [0, 0.05) is 12.3 Å². The van der Waals surface area contributed by atoms with Crippen LogP contribution in [0.4, 0.5) is 0 Å². The van der Waals surface area contributed by atoms with Gasteiger partial charge in [-0.3, -0.25) is 4.79 Å². The van der Waals surface area contributed by atoms with Gasteiger partial charge in [0.1, 0.15) is 5.78 Å². The van der Waals surface area contributed by atoms with Crippen molar-refractivity contribution < 1.29 is 9.90 Å². The number of aliphatic hydroxyl groups excluding tert-OH is 1. The molecule has 0 amide bonds. The summed E-state index contributed by atoms with van der Waals surface area (Å²) in [6, 6.07) is 9.71. The van der Waals surface area contributed by atoms with Gasteiger partial charge in [-0.25, -0.2) is 0 Å². The fraction of sp³-hybridized carbons (Fsp3) is 0.417. The number of ketones is 1. The normalized spacial score (nSPS) is 32.1. The highest BCUT2D eigenvalue weighted by molar-refractivity contribution is 5.88. The second kappa shape index (κ2) is 3.54.